The van der Waals surface area contributed by atoms with Crippen molar-refractivity contribution in [1.29, 1.82) is 0 Å². The minimum atomic E-state index is -2.95. The second-order valence-corrected chi connectivity index (χ2v) is 29.2. The van der Waals surface area contributed by atoms with Crippen molar-refractivity contribution >= 4 is 140 Å². The number of anilines is 4. The van der Waals surface area contributed by atoms with E-state index in [0.717, 1.165) is 55.9 Å². The predicted octanol–water partition coefficient (Wildman–Crippen LogP) is 16.0. The molecule has 37 heteroatoms. The third kappa shape index (κ3) is 21.8. The Kier molecular flexibility index (Phi) is 32.7. The normalized spacial score (nSPS) is 11.6. The predicted molar refractivity (Wildman–Crippen MR) is 453 cm³/mol. The van der Waals surface area contributed by atoms with Gasteiger partial charge >= 0.3 is 73.5 Å². The Labute approximate surface area is 704 Å². The topological polar surface area (TPSA) is 494 Å². The Hall–Kier alpha value is -11.4. The zero-order valence-electron chi connectivity index (χ0n) is 65.0. The number of nitro benzene ring substituents is 3. The van der Waals surface area contributed by atoms with E-state index in [2.05, 4.69) is 51.8 Å². The molecule has 0 bridgehead atoms. The van der Waals surface area contributed by atoms with Gasteiger partial charge in [0.15, 0.2) is 0 Å². The summed E-state index contributed by atoms with van der Waals surface area (Å²) in [5.74, 6) is 2.50. The molecule has 596 valence electrons. The average molecular weight is 1700 g/mol. The number of aromatic nitrogens is 8. The van der Waals surface area contributed by atoms with Crippen molar-refractivity contribution in [2.45, 2.75) is 115 Å². The molecule has 4 unspecified atom stereocenters. The van der Waals surface area contributed by atoms with Crippen molar-refractivity contribution < 1.29 is 49.7 Å². The van der Waals surface area contributed by atoms with Gasteiger partial charge in [0.1, 0.15) is 39.9 Å². The van der Waals surface area contributed by atoms with Crippen LogP contribution in [0.15, 0.2) is 202 Å². The van der Waals surface area contributed by atoms with E-state index in [0.29, 0.717) is 83.5 Å². The number of aryl methyl sites for hydroxylation is 8. The molecule has 6 aromatic heterocycles. The van der Waals surface area contributed by atoms with Gasteiger partial charge in [0.05, 0.1) is 77.6 Å². The number of hydrogen-bond donors (Lipinski definition) is 7. The number of nitrogens with zero attached hydrogens (tertiary/aromatic N) is 9. The number of H-pyrrole nitrogens is 2. The van der Waals surface area contributed by atoms with E-state index in [1.54, 1.807) is 68.9 Å². The van der Waals surface area contributed by atoms with Gasteiger partial charge in [0.25, 0.3) is 17.1 Å². The third-order valence-corrected chi connectivity index (χ3v) is 19.8. The summed E-state index contributed by atoms with van der Waals surface area (Å²) in [4.78, 5) is 63.6. The van der Waals surface area contributed by atoms with Gasteiger partial charge in [-0.3, -0.25) is 44.5 Å². The van der Waals surface area contributed by atoms with Gasteiger partial charge in [-0.25, -0.2) is 9.59 Å². The number of halogens is 1. The van der Waals surface area contributed by atoms with Crippen LogP contribution in [0.4, 0.5) is 39.8 Å². The number of nitrogens with one attached hydrogen (secondary N) is 3. The number of non-ortho nitro benzene ring substituents is 1. The van der Waals surface area contributed by atoms with E-state index in [9.17, 15) is 39.9 Å². The van der Waals surface area contributed by atoms with Crippen molar-refractivity contribution in [3.8, 4) is 44.5 Å². The Bertz CT molecular complexity index is 6130. The van der Waals surface area contributed by atoms with Crippen LogP contribution in [-0.4, -0.2) is 115 Å². The summed E-state index contributed by atoms with van der Waals surface area (Å²) in [7, 11) is -5.90. The summed E-state index contributed by atoms with van der Waals surface area (Å²) < 4.78 is 60.9. The van der Waals surface area contributed by atoms with Crippen molar-refractivity contribution in [2.24, 2.45) is 5.73 Å². The fraction of sp³-hybridized carbons (Fsp3) is 0.215. The van der Waals surface area contributed by atoms with E-state index in [-0.39, 0.29) is 71.2 Å². The summed E-state index contributed by atoms with van der Waals surface area (Å²) in [6.45, 7) is 22.2. The molecule has 4 atom stereocenters. The summed E-state index contributed by atoms with van der Waals surface area (Å²) in [6, 6.07) is 52.4. The fourth-order valence-corrected chi connectivity index (χ4v) is 13.2. The molecule has 0 aliphatic carbocycles. The second kappa shape index (κ2) is 41.3. The minimum absolute atomic E-state index is 0. The number of benzene rings is 8. The van der Waals surface area contributed by atoms with Crippen LogP contribution >= 0.6 is 15.9 Å². The first-order valence-electron chi connectivity index (χ1n) is 35.5. The van der Waals surface area contributed by atoms with E-state index in [1.807, 2.05) is 175 Å². The van der Waals surface area contributed by atoms with E-state index >= 15 is 0 Å². The molecule has 116 heavy (non-hydrogen) atoms. The zero-order valence-corrected chi connectivity index (χ0v) is 72.3. The summed E-state index contributed by atoms with van der Waals surface area (Å²) in [5.41, 5.74) is 38.7. The number of rotatable bonds is 15. The number of nitrogens with two attached hydrogens (primary N) is 4. The van der Waals surface area contributed by atoms with Gasteiger partial charge in [0.2, 0.25) is 0 Å². The summed E-state index contributed by atoms with van der Waals surface area (Å²) in [5, 5.41) is 53.1. The van der Waals surface area contributed by atoms with E-state index in [1.165, 1.54) is 67.4 Å². The van der Waals surface area contributed by atoms with Crippen LogP contribution in [0.1, 0.15) is 127 Å². The number of hydrogen-bond acceptors (Lipinski definition) is 25. The first kappa shape index (κ1) is 91.8. The van der Waals surface area contributed by atoms with Crippen LogP contribution < -0.4 is 39.6 Å². The molecule has 8 aromatic carbocycles. The number of nitrogen functional groups attached to an aromatic ring is 3. The van der Waals surface area contributed by atoms with Crippen LogP contribution in [0.25, 0.3) is 66.6 Å². The molecule has 0 spiro atoms. The standard InChI is InChI=1S/C20H18N4O4.C20H20N4O2.C19H20N4O3.C11H10BrN3O3.C8H11N.CH4.2Na.O4S2/c1-11-18(13(3)28-22-11)15-9-16-19(17(10-15)24(26)27)21-20(25)23(16)12(2)14-7-5-4-6-8-14;1-11-18(13(3)26-23-11)15-9-16(21)19-17(10-15)24(20(25)22-19)12(2)14-7-5-4-6-8-14;1-11(14-7-5-4-6-8-14)21-16-9-15(10-17(19(16)20)23(24)25)18-12(2)22-26-13(18)3;1-5-10(6(2)18-14-5)7-3-8(12)11(13)9(4-7)15(16)17;1-7(9)8-5-3-2-4-6-8;;;;1-5(2)6(3)4/h4-10,12H,1-3H3,(H,21,25);4-10,12H,21H2,1-3H3,(H,22,25);4-11,21H,20H2,1-3H3;3-4H,13H2,1-2H3;2-7H,9H2,1H3;1H4;;;. The van der Waals surface area contributed by atoms with Crippen molar-refractivity contribution in [2.75, 3.05) is 22.5 Å². The molecular formula is C79H83BrN16Na2O16S2. The van der Waals surface area contributed by atoms with Crippen LogP contribution in [-0.2, 0) is 18.5 Å². The SMILES string of the molecule is C.CC(N)c1ccccc1.Cc1noc(C)c1-c1cc(Br)c(N)c([N+](=O)[O-])c1.Cc1noc(C)c1-c1cc(N)c2[nH]c(=O)n(C(C)c3ccccc3)c2c1.Cc1noc(C)c1-c1cc(NC(C)c2ccccc2)c(N)c([N+](=O)[O-])c1.Cc1noc(C)c1-c1cc([N+](=O)[O-])c2[nH]c(=O)n(C(C)c3ccccc3)c2c1.O=S(=O)=S(=O)=O.[Na][Na]. The molecule has 14 rings (SSSR count). The third-order valence-electron chi connectivity index (χ3n) is 18.3. The number of imidazole rings is 2. The van der Waals surface area contributed by atoms with Crippen molar-refractivity contribution in [3.63, 3.8) is 0 Å². The van der Waals surface area contributed by atoms with Gasteiger partial charge < -0.3 is 51.3 Å². The van der Waals surface area contributed by atoms with Crippen LogP contribution in [0.3, 0.4) is 0 Å². The van der Waals surface area contributed by atoms with Crippen molar-refractivity contribution in [3.05, 3.63) is 294 Å². The molecule has 0 saturated heterocycles. The molecule has 32 nitrogen and oxygen atoms in total. The van der Waals surface area contributed by atoms with Crippen molar-refractivity contribution in [1.82, 2.24) is 39.7 Å². The number of fused-ring (bicyclic) bond motifs is 2. The monoisotopic (exact) mass is 1700 g/mol. The van der Waals surface area contributed by atoms with Gasteiger partial charge in [-0.05, 0) is 174 Å². The Morgan fingerprint density at radius 2 is 0.767 bits per heavy atom. The zero-order chi connectivity index (χ0) is 84.6. The summed E-state index contributed by atoms with van der Waals surface area (Å²) >= 11 is 6.11. The molecule has 0 aliphatic heterocycles. The maximum atomic E-state index is 12.7. The fourth-order valence-electron chi connectivity index (χ4n) is 12.8. The average Bonchev–Trinajstić information content (AvgIpc) is 1.60. The number of nitro groups is 3. The quantitative estimate of drug-likeness (QED) is 0.0217. The molecule has 0 amide bonds. The van der Waals surface area contributed by atoms with Crippen LogP contribution in [0.2, 0.25) is 0 Å². The Morgan fingerprint density at radius 3 is 1.10 bits per heavy atom. The van der Waals surface area contributed by atoms with Gasteiger partial charge in [-0.15, -0.1) is 0 Å². The second-order valence-electron chi connectivity index (χ2n) is 25.9. The van der Waals surface area contributed by atoms with Crippen LogP contribution in [0, 0.1) is 85.7 Å². The van der Waals surface area contributed by atoms with Gasteiger partial charge in [-0.2, -0.15) is 16.8 Å². The molecule has 0 fully saturated rings. The molecule has 0 saturated carbocycles. The molecule has 6 heterocycles. The summed E-state index contributed by atoms with van der Waals surface area (Å²) in [6.07, 6.45) is 0. The van der Waals surface area contributed by atoms with Crippen LogP contribution in [0.5, 0.6) is 0 Å². The van der Waals surface area contributed by atoms with E-state index < -0.39 is 39.0 Å². The molecule has 0 aliphatic rings. The Balaban J connectivity index is 0.000000201. The Morgan fingerprint density at radius 1 is 0.457 bits per heavy atom. The van der Waals surface area contributed by atoms with Gasteiger partial charge in [0, 0.05) is 57.0 Å². The number of aromatic amines is 2. The molecule has 11 N–H and O–H groups in total. The van der Waals surface area contributed by atoms with E-state index in [4.69, 9.17) is 57.9 Å². The molecular weight excluding hydrogens is 1620 g/mol. The first-order chi connectivity index (χ1) is 54.6. The first-order valence-corrected chi connectivity index (χ1v) is 47.0. The van der Waals surface area contributed by atoms with Gasteiger partial charge in [-0.1, -0.05) is 149 Å². The molecule has 14 aromatic rings. The molecule has 0 radical (unpaired) electrons. The maximum absolute atomic E-state index is 12.7.